The fraction of sp³-hybridized carbons (Fsp3) is 0.318. The van der Waals surface area contributed by atoms with Gasteiger partial charge in [-0.05, 0) is 56.5 Å². The molecule has 2 aromatic carbocycles. The van der Waals surface area contributed by atoms with Gasteiger partial charge in [0.05, 0.1) is 17.5 Å². The molecule has 3 aromatic rings. The fourth-order valence-electron chi connectivity index (χ4n) is 3.48. The first-order valence-electron chi connectivity index (χ1n) is 9.75. The van der Waals surface area contributed by atoms with Gasteiger partial charge in [-0.2, -0.15) is 0 Å². The Morgan fingerprint density at radius 2 is 1.79 bits per heavy atom. The summed E-state index contributed by atoms with van der Waals surface area (Å²) in [5, 5.41) is 4.04. The average Bonchev–Trinajstić information content (AvgIpc) is 3.38. The molecule has 0 aliphatic heterocycles. The topological polar surface area (TPSA) is 80.2 Å². The minimum absolute atomic E-state index is 0.0276. The first-order valence-corrected chi connectivity index (χ1v) is 11.6. The van der Waals surface area contributed by atoms with Gasteiger partial charge in [-0.25, -0.2) is 8.42 Å². The number of fused-ring (bicyclic) bond motifs is 1. The predicted molar refractivity (Wildman–Crippen MR) is 117 cm³/mol. The van der Waals surface area contributed by atoms with Crippen LogP contribution in [0.15, 0.2) is 48.7 Å². The summed E-state index contributed by atoms with van der Waals surface area (Å²) < 4.78 is 27.9. The number of sulfonamides is 1. The summed E-state index contributed by atoms with van der Waals surface area (Å²) in [5.41, 5.74) is 4.22. The van der Waals surface area contributed by atoms with E-state index in [9.17, 15) is 13.2 Å². The molecule has 0 radical (unpaired) electrons. The lowest BCUT2D eigenvalue weighted by atomic mass is 10.0. The van der Waals surface area contributed by atoms with Gasteiger partial charge in [-0.3, -0.25) is 9.52 Å². The lowest BCUT2D eigenvalue weighted by Crippen LogP contribution is -2.25. The Kier molecular flexibility index (Phi) is 4.86. The van der Waals surface area contributed by atoms with Gasteiger partial charge >= 0.3 is 0 Å². The van der Waals surface area contributed by atoms with Crippen LogP contribution >= 0.6 is 0 Å². The van der Waals surface area contributed by atoms with Crippen molar-refractivity contribution in [1.29, 1.82) is 0 Å². The van der Waals surface area contributed by atoms with Crippen LogP contribution in [0.5, 0.6) is 0 Å². The van der Waals surface area contributed by atoms with E-state index in [1.54, 1.807) is 6.07 Å². The van der Waals surface area contributed by atoms with Crippen molar-refractivity contribution < 1.29 is 13.2 Å². The number of hydrogen-bond donors (Lipinski definition) is 2. The van der Waals surface area contributed by atoms with Gasteiger partial charge < -0.3 is 9.88 Å². The van der Waals surface area contributed by atoms with Crippen LogP contribution in [-0.4, -0.2) is 31.2 Å². The molecule has 1 aromatic heterocycles. The highest BCUT2D eigenvalue weighted by molar-refractivity contribution is 7.92. The zero-order chi connectivity index (χ0) is 20.8. The Morgan fingerprint density at radius 1 is 1.10 bits per heavy atom. The highest BCUT2D eigenvalue weighted by Gasteiger charge is 2.23. The molecule has 4 rings (SSSR count). The normalized spacial score (nSPS) is 14.3. The van der Waals surface area contributed by atoms with Gasteiger partial charge in [0.1, 0.15) is 0 Å². The smallest absolute Gasteiger partial charge is 0.251 e. The van der Waals surface area contributed by atoms with Gasteiger partial charge in [-0.15, -0.1) is 0 Å². The highest BCUT2D eigenvalue weighted by atomic mass is 32.2. The molecule has 1 heterocycles. The van der Waals surface area contributed by atoms with Crippen LogP contribution in [0.2, 0.25) is 0 Å². The molecule has 0 bridgehead atoms. The number of amides is 1. The molecular weight excluding hydrogens is 386 g/mol. The third kappa shape index (κ3) is 4.29. The molecule has 0 spiro atoms. The maximum atomic E-state index is 12.2. The number of carbonyl (C=O) groups is 1. The zero-order valence-corrected chi connectivity index (χ0v) is 17.6. The molecule has 0 saturated heterocycles. The van der Waals surface area contributed by atoms with Crippen molar-refractivity contribution in [3.63, 3.8) is 0 Å². The fourth-order valence-corrected chi connectivity index (χ4v) is 4.04. The molecule has 29 heavy (non-hydrogen) atoms. The molecule has 1 saturated carbocycles. The SMILES string of the molecule is CC(C)n1cc(-c2ccc(C(=O)NC3CC3)cc2)c2ccc(NS(C)(=O)=O)cc21. The van der Waals surface area contributed by atoms with E-state index in [4.69, 9.17) is 0 Å². The first kappa shape index (κ1) is 19.5. The van der Waals surface area contributed by atoms with Crippen molar-refractivity contribution >= 4 is 32.5 Å². The van der Waals surface area contributed by atoms with Crippen LogP contribution < -0.4 is 10.0 Å². The Morgan fingerprint density at radius 3 is 2.38 bits per heavy atom. The molecule has 2 N–H and O–H groups in total. The number of rotatable bonds is 6. The molecule has 1 fully saturated rings. The van der Waals surface area contributed by atoms with Crippen molar-refractivity contribution in [1.82, 2.24) is 9.88 Å². The number of hydrogen-bond acceptors (Lipinski definition) is 3. The Balaban J connectivity index is 1.72. The minimum atomic E-state index is -3.34. The van der Waals surface area contributed by atoms with E-state index in [0.717, 1.165) is 41.1 Å². The van der Waals surface area contributed by atoms with E-state index < -0.39 is 10.0 Å². The predicted octanol–water partition coefficient (Wildman–Crippen LogP) is 4.15. The van der Waals surface area contributed by atoms with E-state index >= 15 is 0 Å². The molecule has 1 amide bonds. The Hall–Kier alpha value is -2.80. The molecule has 7 heteroatoms. The van der Waals surface area contributed by atoms with E-state index in [-0.39, 0.29) is 11.9 Å². The second-order valence-corrected chi connectivity index (χ2v) is 9.72. The third-order valence-corrected chi connectivity index (χ3v) is 5.67. The molecule has 0 atom stereocenters. The first-order chi connectivity index (χ1) is 13.7. The van der Waals surface area contributed by atoms with E-state index in [1.807, 2.05) is 36.4 Å². The maximum Gasteiger partial charge on any atom is 0.251 e. The van der Waals surface area contributed by atoms with Gasteiger partial charge in [0.25, 0.3) is 5.91 Å². The highest BCUT2D eigenvalue weighted by Crippen LogP contribution is 2.34. The standard InChI is InChI=1S/C22H25N3O3S/c1-14(2)25-13-20(19-11-10-18(12-21(19)25)24-29(3,27)28)15-4-6-16(7-5-15)22(26)23-17-8-9-17/h4-7,10-14,17,24H,8-9H2,1-3H3,(H,23,26). The molecule has 152 valence electrons. The maximum absolute atomic E-state index is 12.2. The summed E-state index contributed by atoms with van der Waals surface area (Å²) in [5.74, 6) is -0.0276. The summed E-state index contributed by atoms with van der Waals surface area (Å²) >= 11 is 0. The van der Waals surface area contributed by atoms with E-state index in [0.29, 0.717) is 17.3 Å². The van der Waals surface area contributed by atoms with Gasteiger partial charge in [-0.1, -0.05) is 18.2 Å². The average molecular weight is 412 g/mol. The monoisotopic (exact) mass is 411 g/mol. The van der Waals surface area contributed by atoms with E-state index in [2.05, 4.69) is 34.7 Å². The number of nitrogens with one attached hydrogen (secondary N) is 2. The number of aromatic nitrogens is 1. The van der Waals surface area contributed by atoms with Crippen molar-refractivity contribution in [3.05, 3.63) is 54.2 Å². The van der Waals surface area contributed by atoms with Crippen LogP contribution in [0.3, 0.4) is 0 Å². The summed E-state index contributed by atoms with van der Waals surface area (Å²) in [6, 6.07) is 13.7. The number of anilines is 1. The summed E-state index contributed by atoms with van der Waals surface area (Å²) in [7, 11) is -3.34. The Bertz CT molecular complexity index is 1170. The molecular formula is C22H25N3O3S. The van der Waals surface area contributed by atoms with E-state index in [1.165, 1.54) is 0 Å². The van der Waals surface area contributed by atoms with Crippen LogP contribution in [0.25, 0.3) is 22.0 Å². The van der Waals surface area contributed by atoms with Crippen LogP contribution in [0.4, 0.5) is 5.69 Å². The molecule has 6 nitrogen and oxygen atoms in total. The zero-order valence-electron chi connectivity index (χ0n) is 16.8. The minimum Gasteiger partial charge on any atom is -0.349 e. The summed E-state index contributed by atoms with van der Waals surface area (Å²) in [6.07, 6.45) is 5.35. The van der Waals surface area contributed by atoms with Gasteiger partial charge in [0, 0.05) is 34.8 Å². The summed E-state index contributed by atoms with van der Waals surface area (Å²) in [6.45, 7) is 4.18. The third-order valence-electron chi connectivity index (χ3n) is 5.06. The van der Waals surface area contributed by atoms with Gasteiger partial charge in [0.15, 0.2) is 0 Å². The summed E-state index contributed by atoms with van der Waals surface area (Å²) in [4.78, 5) is 12.2. The van der Waals surface area contributed by atoms with Crippen LogP contribution in [-0.2, 0) is 10.0 Å². The number of nitrogens with zero attached hydrogens (tertiary/aromatic N) is 1. The molecule has 1 aliphatic rings. The van der Waals surface area contributed by atoms with Gasteiger partial charge in [0.2, 0.25) is 10.0 Å². The molecule has 1 aliphatic carbocycles. The van der Waals surface area contributed by atoms with Crippen LogP contribution in [0, 0.1) is 0 Å². The Labute approximate surface area is 171 Å². The largest absolute Gasteiger partial charge is 0.349 e. The van der Waals surface area contributed by atoms with Crippen LogP contribution in [0.1, 0.15) is 43.1 Å². The second kappa shape index (κ2) is 7.22. The number of carbonyl (C=O) groups excluding carboxylic acids is 1. The van der Waals surface area contributed by atoms with Crippen molar-refractivity contribution in [2.75, 3.05) is 11.0 Å². The lowest BCUT2D eigenvalue weighted by molar-refractivity contribution is 0.0951. The second-order valence-electron chi connectivity index (χ2n) is 7.98. The van der Waals surface area contributed by atoms with Crippen molar-refractivity contribution in [2.45, 2.75) is 38.8 Å². The van der Waals surface area contributed by atoms with Crippen molar-refractivity contribution in [3.8, 4) is 11.1 Å². The lowest BCUT2D eigenvalue weighted by Gasteiger charge is -2.10. The van der Waals surface area contributed by atoms with Crippen molar-refractivity contribution in [2.24, 2.45) is 0 Å². The quantitative estimate of drug-likeness (QED) is 0.639. The molecule has 0 unspecified atom stereocenters. The number of benzene rings is 2.